The van der Waals surface area contributed by atoms with E-state index in [1.165, 1.54) is 30.3 Å². The summed E-state index contributed by atoms with van der Waals surface area (Å²) in [5.41, 5.74) is 2.15. The lowest BCUT2D eigenvalue weighted by atomic mass is 9.78. The number of rotatable bonds is 5. The number of benzene rings is 1. The Morgan fingerprint density at radius 1 is 1.28 bits per heavy atom. The maximum atomic E-state index is 14.1. The number of hydrogen-bond donors (Lipinski definition) is 3. The van der Waals surface area contributed by atoms with Gasteiger partial charge >= 0.3 is 6.18 Å². The SMILES string of the molecule is CC1(c2ccc(Cl)c(F)c2)C(=O)Nc2nc(C3=CN4NCN=C4C(CCCC(F)(F)F)=N3)nc(O)c21. The summed E-state index contributed by atoms with van der Waals surface area (Å²) in [4.78, 5) is 30.1. The quantitative estimate of drug-likeness (QED) is 0.512. The van der Waals surface area contributed by atoms with Crippen LogP contribution in [0.25, 0.3) is 5.70 Å². The van der Waals surface area contributed by atoms with Crippen molar-refractivity contribution >= 4 is 40.6 Å². The molecule has 3 aliphatic rings. The van der Waals surface area contributed by atoms with Crippen LogP contribution in [-0.2, 0) is 10.2 Å². The van der Waals surface area contributed by atoms with Gasteiger partial charge in [-0.3, -0.25) is 9.80 Å². The molecule has 1 atom stereocenters. The standard InChI is InChI=1S/C22H18ClF4N7O2/c1-21(10-4-5-11(23)12(24)7-10)15-17(33-20(21)36)31-16(32-19(15)35)14-8-34-18(28-9-29-34)13(30-14)3-2-6-22(25,26)27/h4-5,7-8,29H,2-3,6,9H2,1H3,(H2,31,32,33,35,36). The highest BCUT2D eigenvalue weighted by atomic mass is 35.5. The fourth-order valence-corrected chi connectivity index (χ4v) is 4.41. The normalized spacial score (nSPS) is 21.0. The second-order valence-corrected chi connectivity index (χ2v) is 8.92. The number of carbonyl (C=O) groups is 1. The number of nitrogens with one attached hydrogen (secondary N) is 2. The number of aliphatic imine (C=N–C) groups is 2. The molecule has 14 heteroatoms. The van der Waals surface area contributed by atoms with E-state index in [4.69, 9.17) is 11.6 Å². The third-order valence-electron chi connectivity index (χ3n) is 6.14. The summed E-state index contributed by atoms with van der Waals surface area (Å²) >= 11 is 5.77. The lowest BCUT2D eigenvalue weighted by Gasteiger charge is -2.24. The van der Waals surface area contributed by atoms with E-state index in [0.29, 0.717) is 11.5 Å². The zero-order valence-electron chi connectivity index (χ0n) is 18.6. The minimum absolute atomic E-state index is 0.00171. The van der Waals surface area contributed by atoms with Gasteiger partial charge in [-0.25, -0.2) is 24.8 Å². The topological polar surface area (TPSA) is 115 Å². The van der Waals surface area contributed by atoms with Crippen LogP contribution in [0.5, 0.6) is 5.88 Å². The Kier molecular flexibility index (Phi) is 5.71. The van der Waals surface area contributed by atoms with Gasteiger partial charge in [0.2, 0.25) is 11.8 Å². The zero-order chi connectivity index (χ0) is 25.8. The van der Waals surface area contributed by atoms with Crippen molar-refractivity contribution in [3.8, 4) is 5.88 Å². The van der Waals surface area contributed by atoms with Gasteiger partial charge < -0.3 is 10.4 Å². The van der Waals surface area contributed by atoms with Gasteiger partial charge in [0.05, 0.1) is 22.5 Å². The number of amides is 1. The minimum atomic E-state index is -4.30. The second-order valence-electron chi connectivity index (χ2n) is 8.51. The van der Waals surface area contributed by atoms with Crippen LogP contribution in [0.2, 0.25) is 5.02 Å². The third kappa shape index (κ3) is 4.07. The molecule has 5 rings (SSSR count). The van der Waals surface area contributed by atoms with Gasteiger partial charge in [0.1, 0.15) is 29.4 Å². The summed E-state index contributed by atoms with van der Waals surface area (Å²) in [6.45, 7) is 1.70. The van der Waals surface area contributed by atoms with E-state index in [0.717, 1.165) is 6.07 Å². The van der Waals surface area contributed by atoms with Crippen molar-refractivity contribution in [3.63, 3.8) is 0 Å². The number of alkyl halides is 3. The monoisotopic (exact) mass is 523 g/mol. The highest BCUT2D eigenvalue weighted by molar-refractivity contribution is 6.43. The molecule has 0 saturated carbocycles. The molecule has 0 fully saturated rings. The molecule has 3 aliphatic heterocycles. The molecule has 1 amide bonds. The highest BCUT2D eigenvalue weighted by Gasteiger charge is 2.48. The van der Waals surface area contributed by atoms with E-state index < -0.39 is 35.6 Å². The van der Waals surface area contributed by atoms with Crippen molar-refractivity contribution in [1.82, 2.24) is 20.4 Å². The number of anilines is 1. The highest BCUT2D eigenvalue weighted by Crippen LogP contribution is 2.46. The van der Waals surface area contributed by atoms with Gasteiger partial charge in [0.15, 0.2) is 11.7 Å². The van der Waals surface area contributed by atoms with E-state index in [9.17, 15) is 27.5 Å². The number of aromatic hydroxyl groups is 1. The maximum Gasteiger partial charge on any atom is 0.389 e. The Labute approximate surface area is 206 Å². The summed E-state index contributed by atoms with van der Waals surface area (Å²) in [6, 6.07) is 3.87. The number of aromatic nitrogens is 2. The van der Waals surface area contributed by atoms with Gasteiger partial charge in [-0.15, -0.1) is 0 Å². The van der Waals surface area contributed by atoms with Gasteiger partial charge in [-0.2, -0.15) is 18.2 Å². The van der Waals surface area contributed by atoms with Gasteiger partial charge in [-0.1, -0.05) is 17.7 Å². The molecule has 3 N–H and O–H groups in total. The molecule has 0 spiro atoms. The average molecular weight is 524 g/mol. The summed E-state index contributed by atoms with van der Waals surface area (Å²) in [7, 11) is 0. The molecule has 1 aromatic heterocycles. The van der Waals surface area contributed by atoms with Crippen molar-refractivity contribution in [3.05, 3.63) is 52.2 Å². The van der Waals surface area contributed by atoms with Gasteiger partial charge in [-0.05, 0) is 37.5 Å². The summed E-state index contributed by atoms with van der Waals surface area (Å²) in [5.74, 6) is -1.51. The number of halogens is 5. The first-order valence-corrected chi connectivity index (χ1v) is 11.2. The van der Waals surface area contributed by atoms with Crippen LogP contribution in [-0.4, -0.2) is 50.4 Å². The van der Waals surface area contributed by atoms with Crippen LogP contribution in [0.3, 0.4) is 0 Å². The zero-order valence-corrected chi connectivity index (χ0v) is 19.4. The van der Waals surface area contributed by atoms with Crippen LogP contribution >= 0.6 is 11.6 Å². The van der Waals surface area contributed by atoms with Crippen LogP contribution in [0, 0.1) is 5.82 Å². The van der Waals surface area contributed by atoms with Gasteiger partial charge in [0, 0.05) is 6.42 Å². The molecule has 2 aromatic rings. The van der Waals surface area contributed by atoms with E-state index in [-0.39, 0.29) is 53.0 Å². The van der Waals surface area contributed by atoms with Crippen molar-refractivity contribution < 1.29 is 27.5 Å². The molecule has 0 radical (unpaired) electrons. The molecule has 36 heavy (non-hydrogen) atoms. The molecule has 4 heterocycles. The Morgan fingerprint density at radius 3 is 2.78 bits per heavy atom. The Morgan fingerprint density at radius 2 is 2.06 bits per heavy atom. The van der Waals surface area contributed by atoms with Crippen LogP contribution in [0.15, 0.2) is 34.4 Å². The van der Waals surface area contributed by atoms with Crippen molar-refractivity contribution in [2.75, 3.05) is 12.0 Å². The van der Waals surface area contributed by atoms with Crippen LogP contribution in [0.1, 0.15) is 43.1 Å². The maximum absolute atomic E-state index is 14.1. The summed E-state index contributed by atoms with van der Waals surface area (Å²) in [6.07, 6.45) is -3.97. The molecule has 1 unspecified atom stereocenters. The number of carbonyl (C=O) groups excluding carboxylic acids is 1. The molecule has 0 bridgehead atoms. The van der Waals surface area contributed by atoms with E-state index in [2.05, 4.69) is 30.7 Å². The first-order valence-electron chi connectivity index (χ1n) is 10.8. The predicted molar refractivity (Wildman–Crippen MR) is 123 cm³/mol. The lowest BCUT2D eigenvalue weighted by Crippen LogP contribution is -2.39. The third-order valence-corrected chi connectivity index (χ3v) is 6.45. The summed E-state index contributed by atoms with van der Waals surface area (Å²) in [5, 5.41) is 14.8. The fraction of sp³-hybridized carbons (Fsp3) is 0.318. The molecular formula is C22H18ClF4N7O2. The van der Waals surface area contributed by atoms with Crippen LogP contribution < -0.4 is 10.7 Å². The number of amidine groups is 1. The first kappa shape index (κ1) is 24.1. The molecule has 188 valence electrons. The minimum Gasteiger partial charge on any atom is -0.493 e. The molecule has 9 nitrogen and oxygen atoms in total. The number of hydrogen-bond acceptors (Lipinski definition) is 8. The average Bonchev–Trinajstić information content (AvgIpc) is 3.37. The fourth-order valence-electron chi connectivity index (χ4n) is 4.30. The van der Waals surface area contributed by atoms with Crippen molar-refractivity contribution in [2.24, 2.45) is 9.98 Å². The predicted octanol–water partition coefficient (Wildman–Crippen LogP) is 3.89. The smallest absolute Gasteiger partial charge is 0.389 e. The Bertz CT molecular complexity index is 1370. The number of fused-ring (bicyclic) bond motifs is 2. The molecule has 0 aliphatic carbocycles. The molecular weight excluding hydrogens is 506 g/mol. The number of hydrazine groups is 1. The largest absolute Gasteiger partial charge is 0.493 e. The first-order chi connectivity index (χ1) is 17.0. The molecule has 1 aromatic carbocycles. The van der Waals surface area contributed by atoms with Crippen LogP contribution in [0.4, 0.5) is 23.4 Å². The Hall–Kier alpha value is -3.58. The van der Waals surface area contributed by atoms with Gasteiger partial charge in [0.25, 0.3) is 0 Å². The lowest BCUT2D eigenvalue weighted by molar-refractivity contribution is -0.135. The molecule has 0 saturated heterocycles. The Balaban J connectivity index is 1.51. The second kappa shape index (κ2) is 8.52. The van der Waals surface area contributed by atoms with Crippen molar-refractivity contribution in [1.29, 1.82) is 0 Å². The van der Waals surface area contributed by atoms with E-state index in [1.54, 1.807) is 0 Å². The number of nitrogens with zero attached hydrogens (tertiary/aromatic N) is 5. The van der Waals surface area contributed by atoms with E-state index in [1.807, 2.05) is 0 Å². The summed E-state index contributed by atoms with van der Waals surface area (Å²) < 4.78 is 52.1. The van der Waals surface area contributed by atoms with E-state index >= 15 is 0 Å². The van der Waals surface area contributed by atoms with Crippen molar-refractivity contribution in [2.45, 2.75) is 37.8 Å².